The lowest BCUT2D eigenvalue weighted by Crippen LogP contribution is -2.31. The number of ether oxygens (including phenoxy) is 2. The molecular weight excluding hydrogens is 226 g/mol. The lowest BCUT2D eigenvalue weighted by molar-refractivity contribution is 0.239. The van der Waals surface area contributed by atoms with Crippen molar-refractivity contribution in [1.29, 1.82) is 0 Å². The minimum absolute atomic E-state index is 0.397. The van der Waals surface area contributed by atoms with Gasteiger partial charge in [-0.15, -0.1) is 0 Å². The van der Waals surface area contributed by atoms with Crippen molar-refractivity contribution in [3.63, 3.8) is 0 Å². The van der Waals surface area contributed by atoms with E-state index in [0.717, 1.165) is 37.4 Å². The van der Waals surface area contributed by atoms with Crippen LogP contribution in [0.15, 0.2) is 24.3 Å². The van der Waals surface area contributed by atoms with Gasteiger partial charge in [0.15, 0.2) is 11.5 Å². The van der Waals surface area contributed by atoms with E-state index < -0.39 is 0 Å². The maximum atomic E-state index is 5.85. The van der Waals surface area contributed by atoms with Crippen molar-refractivity contribution >= 4 is 0 Å². The number of nitrogens with one attached hydrogen (secondary N) is 1. The Morgan fingerprint density at radius 1 is 1.06 bits per heavy atom. The van der Waals surface area contributed by atoms with Gasteiger partial charge in [0, 0.05) is 6.04 Å². The first-order valence-electron chi connectivity index (χ1n) is 6.83. The molecule has 0 aliphatic carbocycles. The first kappa shape index (κ1) is 14.8. The Morgan fingerprint density at radius 2 is 1.72 bits per heavy atom. The number of para-hydroxylation sites is 2. The molecule has 0 aliphatic heterocycles. The van der Waals surface area contributed by atoms with Crippen LogP contribution in [0.2, 0.25) is 0 Å². The van der Waals surface area contributed by atoms with Gasteiger partial charge in [0.05, 0.1) is 6.61 Å². The molecule has 1 aromatic rings. The van der Waals surface area contributed by atoms with Crippen molar-refractivity contribution in [3.05, 3.63) is 24.3 Å². The van der Waals surface area contributed by atoms with Gasteiger partial charge in [-0.3, -0.25) is 0 Å². The standard InChI is InChI=1S/C15H25NO2/c1-4-8-13(16-3)12-18-15-10-7-6-9-14(15)17-11-5-2/h6-7,9-10,13,16H,4-5,8,11-12H2,1-3H3. The van der Waals surface area contributed by atoms with Crippen LogP contribution in [0, 0.1) is 0 Å². The summed E-state index contributed by atoms with van der Waals surface area (Å²) in [5, 5.41) is 3.27. The van der Waals surface area contributed by atoms with Gasteiger partial charge in [-0.1, -0.05) is 32.4 Å². The largest absolute Gasteiger partial charge is 0.490 e. The summed E-state index contributed by atoms with van der Waals surface area (Å²) in [5.74, 6) is 1.67. The Hall–Kier alpha value is -1.22. The van der Waals surface area contributed by atoms with E-state index in [1.807, 2.05) is 31.3 Å². The summed E-state index contributed by atoms with van der Waals surface area (Å²) in [6.07, 6.45) is 3.28. The molecule has 0 amide bonds. The molecule has 1 aromatic carbocycles. The van der Waals surface area contributed by atoms with Crippen LogP contribution >= 0.6 is 0 Å². The van der Waals surface area contributed by atoms with Gasteiger partial charge in [0.25, 0.3) is 0 Å². The van der Waals surface area contributed by atoms with Crippen molar-refractivity contribution < 1.29 is 9.47 Å². The minimum Gasteiger partial charge on any atom is -0.490 e. The Kier molecular flexibility index (Phi) is 7.26. The molecule has 1 unspecified atom stereocenters. The molecule has 0 aliphatic rings. The summed E-state index contributed by atoms with van der Waals surface area (Å²) in [4.78, 5) is 0. The topological polar surface area (TPSA) is 30.5 Å². The summed E-state index contributed by atoms with van der Waals surface area (Å²) >= 11 is 0. The fraction of sp³-hybridized carbons (Fsp3) is 0.600. The second kappa shape index (κ2) is 8.81. The number of hydrogen-bond donors (Lipinski definition) is 1. The van der Waals surface area contributed by atoms with E-state index in [1.165, 1.54) is 0 Å². The fourth-order valence-electron chi connectivity index (χ4n) is 1.75. The number of likely N-dealkylation sites (N-methyl/N-ethyl adjacent to an activating group) is 1. The summed E-state index contributed by atoms with van der Waals surface area (Å²) < 4.78 is 11.5. The second-order valence-electron chi connectivity index (χ2n) is 4.38. The predicted octanol–water partition coefficient (Wildman–Crippen LogP) is 3.24. The molecule has 0 spiro atoms. The van der Waals surface area contributed by atoms with Crippen LogP contribution in [0.5, 0.6) is 11.5 Å². The first-order valence-corrected chi connectivity index (χ1v) is 6.83. The lowest BCUT2D eigenvalue weighted by Gasteiger charge is -2.18. The number of hydrogen-bond acceptors (Lipinski definition) is 3. The summed E-state index contributed by atoms with van der Waals surface area (Å²) in [7, 11) is 1.98. The van der Waals surface area contributed by atoms with Gasteiger partial charge in [-0.2, -0.15) is 0 Å². The van der Waals surface area contributed by atoms with Gasteiger partial charge in [0.2, 0.25) is 0 Å². The average Bonchev–Trinajstić information content (AvgIpc) is 2.42. The van der Waals surface area contributed by atoms with Crippen LogP contribution in [-0.4, -0.2) is 26.3 Å². The van der Waals surface area contributed by atoms with Gasteiger partial charge in [0.1, 0.15) is 6.61 Å². The van der Waals surface area contributed by atoms with Gasteiger partial charge in [-0.25, -0.2) is 0 Å². The van der Waals surface area contributed by atoms with E-state index in [1.54, 1.807) is 0 Å². The van der Waals surface area contributed by atoms with E-state index in [0.29, 0.717) is 12.6 Å². The molecule has 1 N–H and O–H groups in total. The highest BCUT2D eigenvalue weighted by molar-refractivity contribution is 5.39. The van der Waals surface area contributed by atoms with Crippen molar-refractivity contribution in [2.75, 3.05) is 20.3 Å². The third-order valence-electron chi connectivity index (χ3n) is 2.80. The predicted molar refractivity (Wildman–Crippen MR) is 75.5 cm³/mol. The molecule has 0 aromatic heterocycles. The number of benzene rings is 1. The highest BCUT2D eigenvalue weighted by atomic mass is 16.5. The molecule has 0 saturated heterocycles. The molecule has 1 atom stereocenters. The van der Waals surface area contributed by atoms with Crippen LogP contribution in [0.25, 0.3) is 0 Å². The SMILES string of the molecule is CCCOc1ccccc1OCC(CCC)NC. The molecule has 0 heterocycles. The van der Waals surface area contributed by atoms with Gasteiger partial charge in [-0.05, 0) is 32.0 Å². The normalized spacial score (nSPS) is 12.2. The minimum atomic E-state index is 0.397. The smallest absolute Gasteiger partial charge is 0.161 e. The molecule has 1 rings (SSSR count). The zero-order valence-electron chi connectivity index (χ0n) is 11.7. The monoisotopic (exact) mass is 251 g/mol. The highest BCUT2D eigenvalue weighted by Gasteiger charge is 2.08. The lowest BCUT2D eigenvalue weighted by atomic mass is 10.2. The van der Waals surface area contributed by atoms with Gasteiger partial charge >= 0.3 is 0 Å². The molecule has 102 valence electrons. The van der Waals surface area contributed by atoms with Crippen molar-refractivity contribution in [2.24, 2.45) is 0 Å². The molecule has 0 saturated carbocycles. The summed E-state index contributed by atoms with van der Waals surface area (Å²) in [5.41, 5.74) is 0. The van der Waals surface area contributed by atoms with Crippen LogP contribution in [-0.2, 0) is 0 Å². The Morgan fingerprint density at radius 3 is 2.28 bits per heavy atom. The fourth-order valence-corrected chi connectivity index (χ4v) is 1.75. The van der Waals surface area contributed by atoms with E-state index in [-0.39, 0.29) is 0 Å². The average molecular weight is 251 g/mol. The highest BCUT2D eigenvalue weighted by Crippen LogP contribution is 2.26. The molecule has 18 heavy (non-hydrogen) atoms. The molecule has 0 radical (unpaired) electrons. The maximum absolute atomic E-state index is 5.85. The van der Waals surface area contributed by atoms with Crippen molar-refractivity contribution in [2.45, 2.75) is 39.2 Å². The van der Waals surface area contributed by atoms with E-state index in [2.05, 4.69) is 19.2 Å². The van der Waals surface area contributed by atoms with Crippen LogP contribution in [0.3, 0.4) is 0 Å². The van der Waals surface area contributed by atoms with E-state index >= 15 is 0 Å². The van der Waals surface area contributed by atoms with E-state index in [9.17, 15) is 0 Å². The van der Waals surface area contributed by atoms with Crippen molar-refractivity contribution in [3.8, 4) is 11.5 Å². The molecule has 3 nitrogen and oxygen atoms in total. The molecule has 0 fully saturated rings. The maximum Gasteiger partial charge on any atom is 0.161 e. The van der Waals surface area contributed by atoms with Crippen molar-refractivity contribution in [1.82, 2.24) is 5.32 Å². The second-order valence-corrected chi connectivity index (χ2v) is 4.38. The van der Waals surface area contributed by atoms with Crippen LogP contribution in [0.1, 0.15) is 33.1 Å². The Balaban J connectivity index is 2.54. The number of rotatable bonds is 9. The van der Waals surface area contributed by atoms with Crippen LogP contribution in [0.4, 0.5) is 0 Å². The summed E-state index contributed by atoms with van der Waals surface area (Å²) in [6, 6.07) is 8.26. The zero-order valence-corrected chi connectivity index (χ0v) is 11.7. The van der Waals surface area contributed by atoms with Crippen LogP contribution < -0.4 is 14.8 Å². The van der Waals surface area contributed by atoms with E-state index in [4.69, 9.17) is 9.47 Å². The Labute approximate surface area is 110 Å². The third kappa shape index (κ3) is 4.96. The first-order chi connectivity index (χ1) is 8.81. The Bertz CT molecular complexity index is 328. The zero-order chi connectivity index (χ0) is 13.2. The quantitative estimate of drug-likeness (QED) is 0.731. The summed E-state index contributed by atoms with van der Waals surface area (Å²) in [6.45, 7) is 5.69. The molecule has 0 bridgehead atoms. The third-order valence-corrected chi connectivity index (χ3v) is 2.80. The van der Waals surface area contributed by atoms with Gasteiger partial charge < -0.3 is 14.8 Å². The molecule has 3 heteroatoms. The molecular formula is C15H25NO2.